The summed E-state index contributed by atoms with van der Waals surface area (Å²) in [7, 11) is 0. The van der Waals surface area contributed by atoms with Crippen LogP contribution in [0.15, 0.2) is 91.1 Å². The van der Waals surface area contributed by atoms with Crippen LogP contribution in [-0.4, -0.2) is 15.9 Å². The van der Waals surface area contributed by atoms with E-state index in [0.29, 0.717) is 11.5 Å². The standard InChI is InChI=1S/C26H20IN3O/c27-22-14-11-20(12-15-22)17-25(31)30-26-23(16-13-19-7-3-1-4-8-19)29-24(18-28-26)21-9-5-2-6-10-21/h1-16,18H,17H2,(H,28,30,31)/b16-13+. The minimum atomic E-state index is -0.127. The van der Waals surface area contributed by atoms with Gasteiger partial charge in [-0.25, -0.2) is 9.97 Å². The molecule has 0 aliphatic rings. The van der Waals surface area contributed by atoms with Crippen molar-refractivity contribution in [3.8, 4) is 11.3 Å². The fourth-order valence-electron chi connectivity index (χ4n) is 3.07. The number of rotatable bonds is 6. The zero-order chi connectivity index (χ0) is 21.5. The number of hydrogen-bond acceptors (Lipinski definition) is 3. The van der Waals surface area contributed by atoms with Gasteiger partial charge in [0.25, 0.3) is 0 Å². The molecule has 0 fully saturated rings. The molecule has 1 aromatic heterocycles. The van der Waals surface area contributed by atoms with E-state index in [1.165, 1.54) is 0 Å². The second-order valence-electron chi connectivity index (χ2n) is 6.95. The summed E-state index contributed by atoms with van der Waals surface area (Å²) in [6.07, 6.45) is 5.82. The van der Waals surface area contributed by atoms with Crippen molar-refractivity contribution in [2.24, 2.45) is 0 Å². The fourth-order valence-corrected chi connectivity index (χ4v) is 3.43. The van der Waals surface area contributed by atoms with Crippen LogP contribution in [0.4, 0.5) is 5.82 Å². The van der Waals surface area contributed by atoms with Crippen LogP contribution >= 0.6 is 22.6 Å². The molecule has 0 saturated heterocycles. The number of carbonyl (C=O) groups is 1. The van der Waals surface area contributed by atoms with Crippen molar-refractivity contribution in [1.82, 2.24) is 9.97 Å². The molecule has 1 heterocycles. The molecule has 31 heavy (non-hydrogen) atoms. The molecule has 152 valence electrons. The van der Waals surface area contributed by atoms with Crippen molar-refractivity contribution >= 4 is 46.5 Å². The number of amides is 1. The van der Waals surface area contributed by atoms with Gasteiger partial charge in [0.15, 0.2) is 5.82 Å². The van der Waals surface area contributed by atoms with E-state index in [4.69, 9.17) is 4.98 Å². The van der Waals surface area contributed by atoms with E-state index >= 15 is 0 Å². The Morgan fingerprint density at radius 1 is 0.871 bits per heavy atom. The lowest BCUT2D eigenvalue weighted by Crippen LogP contribution is -2.16. The summed E-state index contributed by atoms with van der Waals surface area (Å²) in [6, 6.07) is 27.7. The number of carbonyl (C=O) groups excluding carboxylic acids is 1. The number of halogens is 1. The summed E-state index contributed by atoms with van der Waals surface area (Å²) >= 11 is 2.25. The maximum absolute atomic E-state index is 12.6. The Kier molecular flexibility index (Phi) is 6.84. The molecule has 4 aromatic rings. The molecule has 0 atom stereocenters. The number of hydrogen-bond donors (Lipinski definition) is 1. The number of aromatic nitrogens is 2. The lowest BCUT2D eigenvalue weighted by atomic mass is 10.1. The Morgan fingerprint density at radius 2 is 1.55 bits per heavy atom. The van der Waals surface area contributed by atoms with Crippen LogP contribution in [0.1, 0.15) is 16.8 Å². The summed E-state index contributed by atoms with van der Waals surface area (Å²) in [5.41, 5.74) is 4.34. The monoisotopic (exact) mass is 517 g/mol. The zero-order valence-corrected chi connectivity index (χ0v) is 18.9. The molecule has 4 rings (SSSR count). The van der Waals surface area contributed by atoms with Crippen LogP contribution in [0, 0.1) is 3.57 Å². The second-order valence-corrected chi connectivity index (χ2v) is 8.20. The first-order valence-electron chi connectivity index (χ1n) is 9.87. The predicted molar refractivity (Wildman–Crippen MR) is 134 cm³/mol. The predicted octanol–water partition coefficient (Wildman–Crippen LogP) is 6.10. The summed E-state index contributed by atoms with van der Waals surface area (Å²) in [6.45, 7) is 0. The minimum absolute atomic E-state index is 0.127. The van der Waals surface area contributed by atoms with Gasteiger partial charge in [0.2, 0.25) is 5.91 Å². The van der Waals surface area contributed by atoms with E-state index in [2.05, 4.69) is 32.9 Å². The van der Waals surface area contributed by atoms with Crippen molar-refractivity contribution in [2.45, 2.75) is 6.42 Å². The molecular weight excluding hydrogens is 497 g/mol. The molecule has 3 aromatic carbocycles. The Morgan fingerprint density at radius 3 is 2.26 bits per heavy atom. The largest absolute Gasteiger partial charge is 0.309 e. The van der Waals surface area contributed by atoms with Crippen LogP contribution in [0.25, 0.3) is 23.4 Å². The molecule has 0 spiro atoms. The van der Waals surface area contributed by atoms with Gasteiger partial charge in [-0.2, -0.15) is 0 Å². The average molecular weight is 517 g/mol. The van der Waals surface area contributed by atoms with Crippen LogP contribution in [-0.2, 0) is 11.2 Å². The van der Waals surface area contributed by atoms with Gasteiger partial charge >= 0.3 is 0 Å². The Bertz CT molecular complexity index is 1190. The molecule has 1 amide bonds. The highest BCUT2D eigenvalue weighted by molar-refractivity contribution is 14.1. The molecule has 1 N–H and O–H groups in total. The normalized spacial score (nSPS) is 10.9. The van der Waals surface area contributed by atoms with Gasteiger partial charge in [-0.15, -0.1) is 0 Å². The maximum Gasteiger partial charge on any atom is 0.230 e. The summed E-state index contributed by atoms with van der Waals surface area (Å²) in [4.78, 5) is 21.9. The lowest BCUT2D eigenvalue weighted by molar-refractivity contribution is -0.115. The third kappa shape index (κ3) is 5.86. The van der Waals surface area contributed by atoms with Crippen molar-refractivity contribution in [3.05, 3.63) is 112 Å². The van der Waals surface area contributed by atoms with E-state index in [-0.39, 0.29) is 12.3 Å². The van der Waals surface area contributed by atoms with Crippen molar-refractivity contribution < 1.29 is 4.79 Å². The van der Waals surface area contributed by atoms with E-state index in [0.717, 1.165) is 26.0 Å². The molecule has 0 bridgehead atoms. The topological polar surface area (TPSA) is 54.9 Å². The number of nitrogens with zero attached hydrogens (tertiary/aromatic N) is 2. The highest BCUT2D eigenvalue weighted by Crippen LogP contribution is 2.21. The third-order valence-electron chi connectivity index (χ3n) is 4.64. The maximum atomic E-state index is 12.6. The van der Waals surface area contributed by atoms with Crippen molar-refractivity contribution in [2.75, 3.05) is 5.32 Å². The molecule has 0 radical (unpaired) electrons. The smallest absolute Gasteiger partial charge is 0.230 e. The fraction of sp³-hybridized carbons (Fsp3) is 0.0385. The zero-order valence-electron chi connectivity index (χ0n) is 16.7. The molecule has 0 aliphatic carbocycles. The second kappa shape index (κ2) is 10.1. The van der Waals surface area contributed by atoms with Gasteiger partial charge in [-0.1, -0.05) is 78.9 Å². The number of anilines is 1. The van der Waals surface area contributed by atoms with Crippen LogP contribution in [0.3, 0.4) is 0 Å². The first kappa shape index (κ1) is 20.9. The quantitative estimate of drug-likeness (QED) is 0.315. The minimum Gasteiger partial charge on any atom is -0.309 e. The first-order valence-corrected chi connectivity index (χ1v) is 11.0. The van der Waals surface area contributed by atoms with Gasteiger partial charge < -0.3 is 5.32 Å². The summed E-state index contributed by atoms with van der Waals surface area (Å²) in [5.74, 6) is 0.319. The number of nitrogens with one attached hydrogen (secondary N) is 1. The SMILES string of the molecule is O=C(Cc1ccc(I)cc1)Nc1ncc(-c2ccccc2)nc1/C=C/c1ccccc1. The molecule has 0 saturated carbocycles. The van der Waals surface area contributed by atoms with Gasteiger partial charge in [0.05, 0.1) is 18.3 Å². The Hall–Kier alpha value is -3.32. The molecule has 0 aliphatic heterocycles. The van der Waals surface area contributed by atoms with E-state index < -0.39 is 0 Å². The molecule has 0 unspecified atom stereocenters. The van der Waals surface area contributed by atoms with Crippen LogP contribution < -0.4 is 5.32 Å². The third-order valence-corrected chi connectivity index (χ3v) is 5.36. The highest BCUT2D eigenvalue weighted by Gasteiger charge is 2.11. The van der Waals surface area contributed by atoms with Crippen LogP contribution in [0.2, 0.25) is 0 Å². The van der Waals surface area contributed by atoms with Crippen molar-refractivity contribution in [3.63, 3.8) is 0 Å². The first-order chi connectivity index (χ1) is 15.2. The van der Waals surface area contributed by atoms with Crippen LogP contribution in [0.5, 0.6) is 0 Å². The van der Waals surface area contributed by atoms with E-state index in [9.17, 15) is 4.79 Å². The molecule has 5 heteroatoms. The van der Waals surface area contributed by atoms with Gasteiger partial charge in [-0.3, -0.25) is 4.79 Å². The molecule has 4 nitrogen and oxygen atoms in total. The molecular formula is C26H20IN3O. The van der Waals surface area contributed by atoms with Gasteiger partial charge in [-0.05, 0) is 51.9 Å². The Labute approximate surface area is 195 Å². The highest BCUT2D eigenvalue weighted by atomic mass is 127. The summed E-state index contributed by atoms with van der Waals surface area (Å²) < 4.78 is 1.14. The van der Waals surface area contributed by atoms with Gasteiger partial charge in [0, 0.05) is 9.13 Å². The van der Waals surface area contributed by atoms with Gasteiger partial charge in [0.1, 0.15) is 5.69 Å². The van der Waals surface area contributed by atoms with Crippen molar-refractivity contribution in [1.29, 1.82) is 0 Å². The summed E-state index contributed by atoms with van der Waals surface area (Å²) in [5, 5.41) is 2.92. The average Bonchev–Trinajstić information content (AvgIpc) is 2.81. The van der Waals surface area contributed by atoms with E-state index in [1.807, 2.05) is 97.1 Å². The number of benzene rings is 3. The van der Waals surface area contributed by atoms with E-state index in [1.54, 1.807) is 6.20 Å². The Balaban J connectivity index is 1.61. The lowest BCUT2D eigenvalue weighted by Gasteiger charge is -2.10.